The SMILES string of the molecule is CC(C)[C@H](NC(=O)c1cc(I)cc(I)c1O)C(=O)O. The number of carboxylic acid groups (broad SMARTS) is 1. The van der Waals surface area contributed by atoms with Crippen LogP contribution in [0, 0.1) is 13.1 Å². The Labute approximate surface area is 138 Å². The minimum atomic E-state index is -1.09. The zero-order chi connectivity index (χ0) is 14.7. The molecule has 0 aliphatic carbocycles. The Morgan fingerprint density at radius 2 is 1.84 bits per heavy atom. The quantitative estimate of drug-likeness (QED) is 0.568. The molecule has 5 nitrogen and oxygen atoms in total. The third kappa shape index (κ3) is 4.20. The number of hydrogen-bond donors (Lipinski definition) is 3. The van der Waals surface area contributed by atoms with Crippen molar-refractivity contribution in [3.05, 3.63) is 24.8 Å². The molecule has 104 valence electrons. The normalized spacial score (nSPS) is 12.3. The summed E-state index contributed by atoms with van der Waals surface area (Å²) in [6.07, 6.45) is 0. The van der Waals surface area contributed by atoms with Crippen molar-refractivity contribution in [3.63, 3.8) is 0 Å². The topological polar surface area (TPSA) is 86.6 Å². The van der Waals surface area contributed by atoms with E-state index >= 15 is 0 Å². The number of phenols is 1. The van der Waals surface area contributed by atoms with E-state index < -0.39 is 17.9 Å². The molecule has 0 heterocycles. The fourth-order valence-electron chi connectivity index (χ4n) is 1.47. The van der Waals surface area contributed by atoms with Crippen LogP contribution in [0.25, 0.3) is 0 Å². The van der Waals surface area contributed by atoms with Crippen LogP contribution in [0.1, 0.15) is 24.2 Å². The summed E-state index contributed by atoms with van der Waals surface area (Å²) in [5.41, 5.74) is 0.0863. The van der Waals surface area contributed by atoms with Crippen molar-refractivity contribution in [2.45, 2.75) is 19.9 Å². The Balaban J connectivity index is 3.04. The van der Waals surface area contributed by atoms with E-state index in [9.17, 15) is 14.7 Å². The van der Waals surface area contributed by atoms with Gasteiger partial charge in [0, 0.05) is 3.57 Å². The molecule has 1 atom stereocenters. The van der Waals surface area contributed by atoms with Gasteiger partial charge in [-0.25, -0.2) is 4.79 Å². The molecule has 0 aliphatic heterocycles. The molecule has 19 heavy (non-hydrogen) atoms. The van der Waals surface area contributed by atoms with Gasteiger partial charge in [-0.15, -0.1) is 0 Å². The average Bonchev–Trinajstić information content (AvgIpc) is 2.29. The van der Waals surface area contributed by atoms with E-state index in [1.54, 1.807) is 19.9 Å². The standard InChI is InChI=1S/C12H13I2NO4/c1-5(2)9(12(18)19)15-11(17)7-3-6(13)4-8(14)10(7)16/h3-5,9,16H,1-2H3,(H,15,17)(H,18,19)/t9-/m0/s1. The van der Waals surface area contributed by atoms with Crippen LogP contribution in [-0.2, 0) is 4.79 Å². The van der Waals surface area contributed by atoms with Crippen LogP contribution < -0.4 is 5.32 Å². The van der Waals surface area contributed by atoms with Crippen molar-refractivity contribution >= 4 is 57.1 Å². The smallest absolute Gasteiger partial charge is 0.326 e. The van der Waals surface area contributed by atoms with Gasteiger partial charge in [-0.1, -0.05) is 13.8 Å². The summed E-state index contributed by atoms with van der Waals surface area (Å²) >= 11 is 3.95. The van der Waals surface area contributed by atoms with Gasteiger partial charge < -0.3 is 15.5 Å². The minimum Gasteiger partial charge on any atom is -0.506 e. The van der Waals surface area contributed by atoms with Gasteiger partial charge in [-0.3, -0.25) is 4.79 Å². The number of nitrogens with one attached hydrogen (secondary N) is 1. The number of carboxylic acids is 1. The van der Waals surface area contributed by atoms with Gasteiger partial charge in [-0.05, 0) is 63.2 Å². The molecule has 0 fully saturated rings. The van der Waals surface area contributed by atoms with Gasteiger partial charge in [0.15, 0.2) is 0 Å². The van der Waals surface area contributed by atoms with Crippen molar-refractivity contribution in [2.24, 2.45) is 5.92 Å². The molecular weight excluding hydrogens is 476 g/mol. The molecule has 0 aliphatic rings. The number of carbonyl (C=O) groups is 2. The molecule has 1 amide bonds. The highest BCUT2D eigenvalue weighted by Crippen LogP contribution is 2.27. The van der Waals surface area contributed by atoms with E-state index in [-0.39, 0.29) is 17.2 Å². The Morgan fingerprint density at radius 3 is 2.32 bits per heavy atom. The molecule has 7 heteroatoms. The summed E-state index contributed by atoms with van der Waals surface area (Å²) in [6.45, 7) is 3.41. The molecule has 0 spiro atoms. The second kappa shape index (κ2) is 6.73. The Hall–Kier alpha value is -0.580. The van der Waals surface area contributed by atoms with Crippen LogP contribution in [0.2, 0.25) is 0 Å². The predicted molar refractivity (Wildman–Crippen MR) is 87.3 cm³/mol. The van der Waals surface area contributed by atoms with E-state index in [1.807, 2.05) is 45.2 Å². The highest BCUT2D eigenvalue weighted by molar-refractivity contribution is 14.1. The Kier molecular flexibility index (Phi) is 5.83. The number of rotatable bonds is 4. The van der Waals surface area contributed by atoms with Crippen molar-refractivity contribution in [3.8, 4) is 5.75 Å². The minimum absolute atomic E-state index is 0.0863. The lowest BCUT2D eigenvalue weighted by atomic mass is 10.0. The van der Waals surface area contributed by atoms with Crippen molar-refractivity contribution in [1.29, 1.82) is 0 Å². The van der Waals surface area contributed by atoms with E-state index in [1.165, 1.54) is 6.07 Å². The lowest BCUT2D eigenvalue weighted by molar-refractivity contribution is -0.140. The summed E-state index contributed by atoms with van der Waals surface area (Å²) in [5, 5.41) is 21.3. The molecule has 0 radical (unpaired) electrons. The lowest BCUT2D eigenvalue weighted by Gasteiger charge is -2.18. The number of carbonyl (C=O) groups excluding carboxylic acids is 1. The number of hydrogen-bond acceptors (Lipinski definition) is 3. The van der Waals surface area contributed by atoms with Gasteiger partial charge in [-0.2, -0.15) is 0 Å². The van der Waals surface area contributed by atoms with E-state index in [0.717, 1.165) is 3.57 Å². The van der Waals surface area contributed by atoms with Crippen LogP contribution in [-0.4, -0.2) is 28.1 Å². The zero-order valence-electron chi connectivity index (χ0n) is 10.3. The summed E-state index contributed by atoms with van der Waals surface area (Å²) in [6, 6.07) is 2.26. The number of benzene rings is 1. The molecule has 0 saturated carbocycles. The Bertz CT molecular complexity index is 517. The van der Waals surface area contributed by atoms with Crippen molar-refractivity contribution < 1.29 is 19.8 Å². The van der Waals surface area contributed by atoms with Crippen LogP contribution in [0.3, 0.4) is 0 Å². The first kappa shape index (κ1) is 16.5. The first-order valence-electron chi connectivity index (χ1n) is 5.45. The largest absolute Gasteiger partial charge is 0.506 e. The first-order valence-corrected chi connectivity index (χ1v) is 7.61. The lowest BCUT2D eigenvalue weighted by Crippen LogP contribution is -2.44. The molecular formula is C12H13I2NO4. The molecule has 1 aromatic carbocycles. The average molecular weight is 489 g/mol. The van der Waals surface area contributed by atoms with Gasteiger partial charge >= 0.3 is 5.97 Å². The van der Waals surface area contributed by atoms with Gasteiger partial charge in [0.1, 0.15) is 11.8 Å². The molecule has 0 bridgehead atoms. The molecule has 0 saturated heterocycles. The molecule has 1 rings (SSSR count). The maximum absolute atomic E-state index is 12.0. The van der Waals surface area contributed by atoms with Crippen LogP contribution >= 0.6 is 45.2 Å². The molecule has 0 aromatic heterocycles. The summed E-state index contributed by atoms with van der Waals surface area (Å²) < 4.78 is 1.34. The third-order valence-electron chi connectivity index (χ3n) is 2.49. The summed E-state index contributed by atoms with van der Waals surface area (Å²) in [5.74, 6) is -2.06. The Morgan fingerprint density at radius 1 is 1.26 bits per heavy atom. The second-order valence-corrected chi connectivity index (χ2v) is 6.72. The second-order valence-electron chi connectivity index (χ2n) is 4.32. The van der Waals surface area contributed by atoms with E-state index in [2.05, 4.69) is 5.32 Å². The molecule has 1 aromatic rings. The number of aliphatic carboxylic acids is 1. The van der Waals surface area contributed by atoms with Gasteiger partial charge in [0.05, 0.1) is 9.13 Å². The fourth-order valence-corrected chi connectivity index (χ4v) is 3.32. The molecule has 0 unspecified atom stereocenters. The summed E-state index contributed by atoms with van der Waals surface area (Å²) in [7, 11) is 0. The van der Waals surface area contributed by atoms with Crippen LogP contribution in [0.15, 0.2) is 12.1 Å². The summed E-state index contributed by atoms with van der Waals surface area (Å²) in [4.78, 5) is 23.1. The predicted octanol–water partition coefficient (Wildman–Crippen LogP) is 2.44. The zero-order valence-corrected chi connectivity index (χ0v) is 14.6. The number of halogens is 2. The van der Waals surface area contributed by atoms with Crippen LogP contribution in [0.5, 0.6) is 5.75 Å². The van der Waals surface area contributed by atoms with Gasteiger partial charge in [0.25, 0.3) is 5.91 Å². The highest BCUT2D eigenvalue weighted by atomic mass is 127. The maximum atomic E-state index is 12.0. The number of aromatic hydroxyl groups is 1. The van der Waals surface area contributed by atoms with E-state index in [0.29, 0.717) is 3.57 Å². The number of phenolic OH excluding ortho intramolecular Hbond substituents is 1. The first-order chi connectivity index (χ1) is 8.73. The highest BCUT2D eigenvalue weighted by Gasteiger charge is 2.25. The fraction of sp³-hybridized carbons (Fsp3) is 0.333. The van der Waals surface area contributed by atoms with Gasteiger partial charge in [0.2, 0.25) is 0 Å². The van der Waals surface area contributed by atoms with E-state index in [4.69, 9.17) is 5.11 Å². The maximum Gasteiger partial charge on any atom is 0.326 e. The third-order valence-corrected chi connectivity index (χ3v) is 3.94. The monoisotopic (exact) mass is 489 g/mol. The van der Waals surface area contributed by atoms with Crippen LogP contribution in [0.4, 0.5) is 0 Å². The van der Waals surface area contributed by atoms with Crippen molar-refractivity contribution in [1.82, 2.24) is 5.32 Å². The molecule has 3 N–H and O–H groups in total. The van der Waals surface area contributed by atoms with Crippen molar-refractivity contribution in [2.75, 3.05) is 0 Å². The number of amides is 1.